The van der Waals surface area contributed by atoms with Crippen LogP contribution < -0.4 is 0 Å². The molecule has 1 atom stereocenters. The van der Waals surface area contributed by atoms with Gasteiger partial charge in [-0.2, -0.15) is 0 Å². The minimum atomic E-state index is -0.378. The van der Waals surface area contributed by atoms with Crippen LogP contribution in [0.4, 0.5) is 0 Å². The van der Waals surface area contributed by atoms with Crippen LogP contribution in [0.5, 0.6) is 0 Å². The molecule has 170 valence electrons. The zero-order valence-corrected chi connectivity index (χ0v) is 19.7. The quantitative estimate of drug-likeness (QED) is 0.614. The van der Waals surface area contributed by atoms with Gasteiger partial charge in [0.1, 0.15) is 0 Å². The zero-order valence-electron chi connectivity index (χ0n) is 18.9. The number of amidine groups is 1. The van der Waals surface area contributed by atoms with E-state index in [-0.39, 0.29) is 24.3 Å². The fourth-order valence-electron chi connectivity index (χ4n) is 4.44. The van der Waals surface area contributed by atoms with Crippen molar-refractivity contribution in [2.45, 2.75) is 32.7 Å². The van der Waals surface area contributed by atoms with E-state index < -0.39 is 0 Å². The number of ether oxygens (including phenoxy) is 1. The number of esters is 1. The number of hydrogen-bond donors (Lipinski definition) is 0. The third-order valence-corrected chi connectivity index (χ3v) is 7.14. The molecule has 1 aromatic carbocycles. The first-order valence-corrected chi connectivity index (χ1v) is 12.0. The van der Waals surface area contributed by atoms with Crippen LogP contribution >= 0.6 is 11.8 Å². The van der Waals surface area contributed by atoms with Crippen LogP contribution in [0.1, 0.15) is 38.3 Å². The van der Waals surface area contributed by atoms with Crippen molar-refractivity contribution < 1.29 is 14.3 Å². The molecule has 3 heterocycles. The Morgan fingerprint density at radius 1 is 1.12 bits per heavy atom. The molecule has 0 radical (unpaired) electrons. The molecule has 0 unspecified atom stereocenters. The highest BCUT2D eigenvalue weighted by Gasteiger charge is 2.41. The van der Waals surface area contributed by atoms with Crippen LogP contribution in [0.3, 0.4) is 0 Å². The van der Waals surface area contributed by atoms with E-state index in [1.54, 1.807) is 0 Å². The first-order chi connectivity index (χ1) is 15.6. The summed E-state index contributed by atoms with van der Waals surface area (Å²) in [5.74, 6) is -0.262. The van der Waals surface area contributed by atoms with Gasteiger partial charge in [-0.15, -0.1) is 0 Å². The number of carbonyl (C=O) groups excluding carboxylic acids is 2. The molecule has 8 heteroatoms. The van der Waals surface area contributed by atoms with Crippen LogP contribution in [-0.4, -0.2) is 71.6 Å². The van der Waals surface area contributed by atoms with Crippen LogP contribution in [0.25, 0.3) is 0 Å². The van der Waals surface area contributed by atoms with Crippen molar-refractivity contribution in [3.8, 4) is 0 Å². The molecule has 0 N–H and O–H groups in total. The first-order valence-electron chi connectivity index (χ1n) is 11.2. The SMILES string of the molecule is CCC1=C(C(=O)OC)[C@@H](c2ccccc2)N2C(CC(=O)N3CCN(CC)CC3)=CSC2=N1. The number of piperazine rings is 1. The van der Waals surface area contributed by atoms with Crippen molar-refractivity contribution in [1.29, 1.82) is 0 Å². The summed E-state index contributed by atoms with van der Waals surface area (Å²) in [5.41, 5.74) is 3.13. The van der Waals surface area contributed by atoms with Gasteiger partial charge in [0.25, 0.3) is 0 Å². The highest BCUT2D eigenvalue weighted by atomic mass is 32.2. The predicted molar refractivity (Wildman–Crippen MR) is 127 cm³/mol. The number of fused-ring (bicyclic) bond motifs is 1. The topological polar surface area (TPSA) is 65.5 Å². The number of benzene rings is 1. The fourth-order valence-corrected chi connectivity index (χ4v) is 5.38. The average Bonchev–Trinajstić information content (AvgIpc) is 3.24. The summed E-state index contributed by atoms with van der Waals surface area (Å²) in [5, 5.41) is 2.81. The molecule has 1 amide bonds. The molecule has 4 rings (SSSR count). The zero-order chi connectivity index (χ0) is 22.7. The van der Waals surface area contributed by atoms with E-state index in [9.17, 15) is 9.59 Å². The van der Waals surface area contributed by atoms with Gasteiger partial charge in [-0.25, -0.2) is 9.79 Å². The Hall–Kier alpha value is -2.58. The Bertz CT molecular complexity index is 965. The monoisotopic (exact) mass is 454 g/mol. The number of rotatable bonds is 6. The Balaban J connectivity index is 1.63. The van der Waals surface area contributed by atoms with Gasteiger partial charge >= 0.3 is 5.97 Å². The summed E-state index contributed by atoms with van der Waals surface area (Å²) in [6.07, 6.45) is 0.916. The fraction of sp³-hybridized carbons (Fsp3) is 0.458. The van der Waals surface area contributed by atoms with Crippen molar-refractivity contribution in [3.63, 3.8) is 0 Å². The predicted octanol–water partition coefficient (Wildman–Crippen LogP) is 3.38. The molecule has 3 aliphatic rings. The Morgan fingerprint density at radius 2 is 1.84 bits per heavy atom. The molecule has 0 saturated carbocycles. The van der Waals surface area contributed by atoms with Gasteiger partial charge in [-0.05, 0) is 23.9 Å². The summed E-state index contributed by atoms with van der Waals surface area (Å²) in [4.78, 5) is 37.1. The van der Waals surface area contributed by atoms with Gasteiger partial charge < -0.3 is 19.4 Å². The number of amides is 1. The van der Waals surface area contributed by atoms with Gasteiger partial charge in [-0.1, -0.05) is 55.9 Å². The number of nitrogens with zero attached hydrogens (tertiary/aromatic N) is 4. The highest BCUT2D eigenvalue weighted by molar-refractivity contribution is 8.16. The molecule has 3 aliphatic heterocycles. The molecular formula is C24H30N4O3S. The third-order valence-electron chi connectivity index (χ3n) is 6.25. The van der Waals surface area contributed by atoms with E-state index in [0.29, 0.717) is 12.0 Å². The van der Waals surface area contributed by atoms with E-state index in [4.69, 9.17) is 9.73 Å². The number of thioether (sulfide) groups is 1. The Kier molecular flexibility index (Phi) is 7.01. The second-order valence-electron chi connectivity index (χ2n) is 8.00. The number of methoxy groups -OCH3 is 1. The summed E-state index contributed by atoms with van der Waals surface area (Å²) in [6.45, 7) is 8.48. The highest BCUT2D eigenvalue weighted by Crippen LogP contribution is 2.45. The van der Waals surface area contributed by atoms with Crippen molar-refractivity contribution in [2.24, 2.45) is 4.99 Å². The van der Waals surface area contributed by atoms with Gasteiger partial charge in [0, 0.05) is 31.9 Å². The van der Waals surface area contributed by atoms with Gasteiger partial charge in [0.05, 0.1) is 30.8 Å². The average molecular weight is 455 g/mol. The number of carbonyl (C=O) groups is 2. The van der Waals surface area contributed by atoms with Crippen LogP contribution in [0.2, 0.25) is 0 Å². The Labute approximate surface area is 193 Å². The number of aliphatic imine (C=N–C) groups is 1. The van der Waals surface area contributed by atoms with E-state index in [0.717, 1.165) is 54.8 Å². The lowest BCUT2D eigenvalue weighted by molar-refractivity contribution is -0.136. The van der Waals surface area contributed by atoms with Gasteiger partial charge in [-0.3, -0.25) is 4.79 Å². The van der Waals surface area contributed by atoms with Crippen molar-refractivity contribution in [1.82, 2.24) is 14.7 Å². The molecule has 32 heavy (non-hydrogen) atoms. The molecule has 1 aromatic rings. The number of likely N-dealkylation sites (N-methyl/N-ethyl adjacent to an activating group) is 1. The molecular weight excluding hydrogens is 424 g/mol. The van der Waals surface area contributed by atoms with Crippen molar-refractivity contribution in [3.05, 3.63) is 58.3 Å². The van der Waals surface area contributed by atoms with Crippen LogP contribution in [0.15, 0.2) is 57.7 Å². The summed E-state index contributed by atoms with van der Waals surface area (Å²) < 4.78 is 5.16. The van der Waals surface area contributed by atoms with E-state index in [1.165, 1.54) is 18.9 Å². The van der Waals surface area contributed by atoms with Gasteiger partial charge in [0.15, 0.2) is 5.17 Å². The van der Waals surface area contributed by atoms with E-state index in [2.05, 4.69) is 11.8 Å². The maximum atomic E-state index is 13.1. The lowest BCUT2D eigenvalue weighted by Crippen LogP contribution is -2.49. The van der Waals surface area contributed by atoms with Crippen LogP contribution in [0, 0.1) is 0 Å². The second kappa shape index (κ2) is 9.92. The molecule has 0 aromatic heterocycles. The Morgan fingerprint density at radius 3 is 2.47 bits per heavy atom. The normalized spacial score (nSPS) is 21.3. The largest absolute Gasteiger partial charge is 0.466 e. The van der Waals surface area contributed by atoms with Gasteiger partial charge in [0.2, 0.25) is 5.91 Å². The third kappa shape index (κ3) is 4.34. The summed E-state index contributed by atoms with van der Waals surface area (Å²) in [7, 11) is 1.40. The van der Waals surface area contributed by atoms with Crippen molar-refractivity contribution >= 4 is 28.8 Å². The molecule has 0 spiro atoms. The maximum absolute atomic E-state index is 13.1. The minimum Gasteiger partial charge on any atom is -0.466 e. The smallest absolute Gasteiger partial charge is 0.338 e. The number of hydrogen-bond acceptors (Lipinski definition) is 7. The summed E-state index contributed by atoms with van der Waals surface area (Å²) in [6, 6.07) is 9.54. The molecule has 0 aliphatic carbocycles. The molecule has 0 bridgehead atoms. The molecule has 1 fully saturated rings. The molecule has 7 nitrogen and oxygen atoms in total. The molecule has 1 saturated heterocycles. The number of allylic oxidation sites excluding steroid dienone is 1. The van der Waals surface area contributed by atoms with Crippen molar-refractivity contribution in [2.75, 3.05) is 39.8 Å². The van der Waals surface area contributed by atoms with E-state index in [1.807, 2.05) is 52.5 Å². The standard InChI is InChI=1S/C24H30N4O3S/c1-4-19-21(23(30)31-3)22(17-9-7-6-8-10-17)28-18(16-32-24(28)25-19)15-20(29)27-13-11-26(5-2)12-14-27/h6-10,16,22H,4-5,11-15H2,1-3H3/t22-/m1/s1. The summed E-state index contributed by atoms with van der Waals surface area (Å²) >= 11 is 1.51. The maximum Gasteiger partial charge on any atom is 0.338 e. The second-order valence-corrected chi connectivity index (χ2v) is 8.84. The minimum absolute atomic E-state index is 0.116. The lowest BCUT2D eigenvalue weighted by atomic mass is 9.93. The van der Waals surface area contributed by atoms with Crippen LogP contribution in [-0.2, 0) is 14.3 Å². The first kappa shape index (κ1) is 22.6. The van der Waals surface area contributed by atoms with E-state index >= 15 is 0 Å². The lowest BCUT2D eigenvalue weighted by Gasteiger charge is -2.38.